The van der Waals surface area contributed by atoms with E-state index in [9.17, 15) is 9.90 Å². The molecule has 0 radical (unpaired) electrons. The lowest BCUT2D eigenvalue weighted by atomic mass is 9.94. The Morgan fingerprint density at radius 3 is 2.79 bits per heavy atom. The third kappa shape index (κ3) is 3.83. The number of phenols is 1. The van der Waals surface area contributed by atoms with E-state index in [1.54, 1.807) is 17.0 Å². The molecule has 0 fully saturated rings. The zero-order valence-corrected chi connectivity index (χ0v) is 16.7. The summed E-state index contributed by atoms with van der Waals surface area (Å²) in [5.74, 6) is 1.54. The van der Waals surface area contributed by atoms with Gasteiger partial charge in [0.2, 0.25) is 5.91 Å². The van der Waals surface area contributed by atoms with E-state index in [0.29, 0.717) is 18.7 Å². The van der Waals surface area contributed by atoms with Gasteiger partial charge in [-0.15, -0.1) is 0 Å². The van der Waals surface area contributed by atoms with Gasteiger partial charge in [-0.3, -0.25) is 4.79 Å². The molecule has 1 amide bonds. The Bertz CT molecular complexity index is 1010. The molecular weight excluding hydrogens is 366 g/mol. The molecule has 150 valence electrons. The van der Waals surface area contributed by atoms with Crippen LogP contribution in [0.2, 0.25) is 0 Å². The predicted octanol–water partition coefficient (Wildman–Crippen LogP) is 3.49. The highest BCUT2D eigenvalue weighted by atomic mass is 16.5. The molecule has 6 nitrogen and oxygen atoms in total. The topological polar surface area (TPSA) is 67.6 Å². The van der Waals surface area contributed by atoms with Crippen LogP contribution in [0, 0.1) is 5.92 Å². The van der Waals surface area contributed by atoms with Gasteiger partial charge >= 0.3 is 0 Å². The van der Waals surface area contributed by atoms with Gasteiger partial charge in [0.25, 0.3) is 0 Å². The van der Waals surface area contributed by atoms with Crippen LogP contribution in [-0.4, -0.2) is 39.6 Å². The lowest BCUT2D eigenvalue weighted by molar-refractivity contribution is -0.135. The van der Waals surface area contributed by atoms with E-state index in [0.717, 1.165) is 35.6 Å². The number of carbonyl (C=O) groups is 1. The monoisotopic (exact) mass is 391 g/mol. The summed E-state index contributed by atoms with van der Waals surface area (Å²) in [7, 11) is 3.33. The maximum absolute atomic E-state index is 13.0. The van der Waals surface area contributed by atoms with Crippen molar-refractivity contribution in [2.45, 2.75) is 25.9 Å². The summed E-state index contributed by atoms with van der Waals surface area (Å²) in [5, 5.41) is 9.96. The third-order valence-corrected chi connectivity index (χ3v) is 5.52. The van der Waals surface area contributed by atoms with Gasteiger partial charge in [-0.25, -0.2) is 4.98 Å². The number of hydrogen-bond acceptors (Lipinski definition) is 4. The van der Waals surface area contributed by atoms with Gasteiger partial charge in [0.15, 0.2) is 11.5 Å². The zero-order chi connectivity index (χ0) is 20.4. The molecular formula is C23H25N3O3. The van der Waals surface area contributed by atoms with Gasteiger partial charge in [0.05, 0.1) is 7.11 Å². The maximum Gasteiger partial charge on any atom is 0.226 e. The molecule has 0 aliphatic carbocycles. The highest BCUT2D eigenvalue weighted by Crippen LogP contribution is 2.29. The van der Waals surface area contributed by atoms with E-state index in [-0.39, 0.29) is 17.6 Å². The summed E-state index contributed by atoms with van der Waals surface area (Å²) in [4.78, 5) is 19.3. The minimum Gasteiger partial charge on any atom is -0.504 e. The molecule has 1 aliphatic heterocycles. The van der Waals surface area contributed by atoms with Crippen LogP contribution < -0.4 is 4.74 Å². The second kappa shape index (κ2) is 7.99. The van der Waals surface area contributed by atoms with Crippen molar-refractivity contribution in [3.63, 3.8) is 0 Å². The van der Waals surface area contributed by atoms with Crippen LogP contribution in [0.15, 0.2) is 54.7 Å². The van der Waals surface area contributed by atoms with Crippen molar-refractivity contribution in [1.29, 1.82) is 0 Å². The molecule has 0 bridgehead atoms. The highest BCUT2D eigenvalue weighted by molar-refractivity contribution is 5.79. The molecule has 2 heterocycles. The van der Waals surface area contributed by atoms with Crippen molar-refractivity contribution < 1.29 is 14.6 Å². The quantitative estimate of drug-likeness (QED) is 0.723. The molecule has 1 atom stereocenters. The van der Waals surface area contributed by atoms with Crippen molar-refractivity contribution in [1.82, 2.24) is 14.5 Å². The Morgan fingerprint density at radius 2 is 2.07 bits per heavy atom. The minimum absolute atomic E-state index is 0.0559. The number of aromatic hydroxyl groups is 1. The smallest absolute Gasteiger partial charge is 0.226 e. The predicted molar refractivity (Wildman–Crippen MR) is 111 cm³/mol. The fraction of sp³-hybridized carbons (Fsp3) is 0.304. The molecule has 1 N–H and O–H groups in total. The van der Waals surface area contributed by atoms with E-state index in [1.165, 1.54) is 7.11 Å². The summed E-state index contributed by atoms with van der Waals surface area (Å²) < 4.78 is 7.30. The van der Waals surface area contributed by atoms with Gasteiger partial charge in [-0.2, -0.15) is 0 Å². The number of amides is 1. The summed E-state index contributed by atoms with van der Waals surface area (Å²) in [5.41, 5.74) is 3.07. The molecule has 6 heteroatoms. The highest BCUT2D eigenvalue weighted by Gasteiger charge is 2.29. The summed E-state index contributed by atoms with van der Waals surface area (Å²) in [6.45, 7) is 1.23. The average molecular weight is 391 g/mol. The van der Waals surface area contributed by atoms with E-state index >= 15 is 0 Å². The van der Waals surface area contributed by atoms with Gasteiger partial charge in [0.1, 0.15) is 5.82 Å². The van der Waals surface area contributed by atoms with Crippen molar-refractivity contribution in [2.24, 2.45) is 5.92 Å². The van der Waals surface area contributed by atoms with Gasteiger partial charge < -0.3 is 19.3 Å². The summed E-state index contributed by atoms with van der Waals surface area (Å²) >= 11 is 0. The van der Waals surface area contributed by atoms with Gasteiger partial charge in [-0.05, 0) is 24.1 Å². The second-order valence-corrected chi connectivity index (χ2v) is 7.48. The number of phenolic OH excluding ortho intramolecular Hbond substituents is 1. The van der Waals surface area contributed by atoms with Crippen LogP contribution in [0.25, 0.3) is 11.4 Å². The van der Waals surface area contributed by atoms with Crippen molar-refractivity contribution in [3.8, 4) is 22.9 Å². The van der Waals surface area contributed by atoms with Gasteiger partial charge in [-0.1, -0.05) is 36.4 Å². The Morgan fingerprint density at radius 1 is 1.28 bits per heavy atom. The molecule has 0 unspecified atom stereocenters. The van der Waals surface area contributed by atoms with Crippen LogP contribution in [0.4, 0.5) is 0 Å². The number of nitrogens with zero attached hydrogens (tertiary/aromatic N) is 3. The Balaban J connectivity index is 1.44. The molecule has 4 rings (SSSR count). The zero-order valence-electron chi connectivity index (χ0n) is 16.7. The second-order valence-electron chi connectivity index (χ2n) is 7.48. The van der Waals surface area contributed by atoms with E-state index in [2.05, 4.69) is 21.7 Å². The van der Waals surface area contributed by atoms with Crippen LogP contribution in [0.5, 0.6) is 11.5 Å². The molecule has 3 aromatic rings. The van der Waals surface area contributed by atoms with E-state index in [1.807, 2.05) is 37.5 Å². The first-order chi connectivity index (χ1) is 14.1. The molecule has 2 aromatic carbocycles. The summed E-state index contributed by atoms with van der Waals surface area (Å²) in [6, 6.07) is 15.4. The standard InChI is InChI=1S/C23H25N3O3/c1-25(15-16-8-9-21(29-2)20(27)12-16)23(28)18-10-11-26-19(13-18)14-24-22(26)17-6-4-3-5-7-17/h3-9,12,14,18,27H,10-11,13,15H2,1-2H3/t18-/m0/s1. The first kappa shape index (κ1) is 19.1. The number of carbonyl (C=O) groups excluding carboxylic acids is 1. The number of imidazole rings is 1. The Kier molecular flexibility index (Phi) is 5.25. The first-order valence-electron chi connectivity index (χ1n) is 9.77. The normalized spacial score (nSPS) is 15.6. The van der Waals surface area contributed by atoms with Crippen molar-refractivity contribution in [2.75, 3.05) is 14.2 Å². The first-order valence-corrected chi connectivity index (χ1v) is 9.77. The molecule has 29 heavy (non-hydrogen) atoms. The van der Waals surface area contributed by atoms with Crippen LogP contribution in [-0.2, 0) is 24.3 Å². The van der Waals surface area contributed by atoms with Crippen molar-refractivity contribution in [3.05, 3.63) is 66.0 Å². The molecule has 0 saturated carbocycles. The minimum atomic E-state index is -0.0559. The lowest BCUT2D eigenvalue weighted by Crippen LogP contribution is -2.36. The molecule has 1 aliphatic rings. The van der Waals surface area contributed by atoms with Gasteiger partial charge in [0, 0.05) is 49.9 Å². The van der Waals surface area contributed by atoms with Crippen LogP contribution in [0.3, 0.4) is 0 Å². The molecule has 0 spiro atoms. The number of ether oxygens (including phenoxy) is 1. The average Bonchev–Trinajstić information content (AvgIpc) is 3.17. The van der Waals surface area contributed by atoms with Crippen molar-refractivity contribution >= 4 is 5.91 Å². The van der Waals surface area contributed by atoms with Crippen LogP contribution >= 0.6 is 0 Å². The Labute approximate surface area is 170 Å². The molecule has 1 aromatic heterocycles. The largest absolute Gasteiger partial charge is 0.504 e. The third-order valence-electron chi connectivity index (χ3n) is 5.52. The fourth-order valence-electron chi connectivity index (χ4n) is 3.99. The lowest BCUT2D eigenvalue weighted by Gasteiger charge is -2.28. The maximum atomic E-state index is 13.0. The number of aromatic nitrogens is 2. The summed E-state index contributed by atoms with van der Waals surface area (Å²) in [6.07, 6.45) is 3.38. The van der Waals surface area contributed by atoms with E-state index < -0.39 is 0 Å². The number of methoxy groups -OCH3 is 1. The fourth-order valence-corrected chi connectivity index (χ4v) is 3.99. The molecule has 0 saturated heterocycles. The Hall–Kier alpha value is -3.28. The SMILES string of the molecule is COc1ccc(CN(C)C(=O)[C@H]2CCn3c(cnc3-c3ccccc3)C2)cc1O. The number of fused-ring (bicyclic) bond motifs is 1. The number of rotatable bonds is 5. The van der Waals surface area contributed by atoms with E-state index in [4.69, 9.17) is 4.74 Å². The number of hydrogen-bond donors (Lipinski definition) is 1. The number of benzene rings is 2. The van der Waals surface area contributed by atoms with Crippen LogP contribution in [0.1, 0.15) is 17.7 Å².